The molecule has 27 heavy (non-hydrogen) atoms. The molecule has 0 radical (unpaired) electrons. The van der Waals surface area contributed by atoms with Crippen molar-refractivity contribution in [1.29, 1.82) is 0 Å². The van der Waals surface area contributed by atoms with Gasteiger partial charge in [0.15, 0.2) is 0 Å². The molecule has 0 atom stereocenters. The summed E-state index contributed by atoms with van der Waals surface area (Å²) in [6, 6.07) is 6.15. The van der Waals surface area contributed by atoms with Gasteiger partial charge in [0.2, 0.25) is 0 Å². The van der Waals surface area contributed by atoms with Gasteiger partial charge in [0.05, 0.1) is 24.0 Å². The van der Waals surface area contributed by atoms with Crippen molar-refractivity contribution in [2.45, 2.75) is 39.8 Å². The summed E-state index contributed by atoms with van der Waals surface area (Å²) in [5, 5.41) is 4.36. The zero-order valence-electron chi connectivity index (χ0n) is 15.9. The van der Waals surface area contributed by atoms with Crippen molar-refractivity contribution in [3.05, 3.63) is 46.8 Å². The second-order valence-corrected chi connectivity index (χ2v) is 7.34. The van der Waals surface area contributed by atoms with Crippen molar-refractivity contribution in [3.8, 4) is 0 Å². The molecule has 1 fully saturated rings. The lowest BCUT2D eigenvalue weighted by molar-refractivity contribution is 0.0733. The van der Waals surface area contributed by atoms with Gasteiger partial charge in [-0.05, 0) is 44.4 Å². The van der Waals surface area contributed by atoms with Crippen LogP contribution in [0.4, 0.5) is 10.5 Å². The number of anilines is 1. The summed E-state index contributed by atoms with van der Waals surface area (Å²) >= 11 is 0. The Morgan fingerprint density at radius 3 is 2.74 bits per heavy atom. The summed E-state index contributed by atoms with van der Waals surface area (Å²) in [4.78, 5) is 28.5. The molecule has 4 rings (SSSR count). The van der Waals surface area contributed by atoms with E-state index >= 15 is 0 Å². The van der Waals surface area contributed by atoms with Gasteiger partial charge >= 0.3 is 6.09 Å². The first kappa shape index (κ1) is 17.6. The second-order valence-electron chi connectivity index (χ2n) is 7.34. The van der Waals surface area contributed by atoms with Gasteiger partial charge in [-0.15, -0.1) is 0 Å². The molecule has 1 saturated heterocycles. The average Bonchev–Trinajstić information content (AvgIpc) is 3.25. The van der Waals surface area contributed by atoms with Crippen LogP contribution in [-0.4, -0.2) is 46.4 Å². The second kappa shape index (κ2) is 6.72. The number of fused-ring (bicyclic) bond motifs is 1. The van der Waals surface area contributed by atoms with Crippen LogP contribution < -0.4 is 4.90 Å². The minimum Gasteiger partial charge on any atom is -0.447 e. The van der Waals surface area contributed by atoms with E-state index in [2.05, 4.69) is 18.9 Å². The highest BCUT2D eigenvalue weighted by atomic mass is 16.6. The van der Waals surface area contributed by atoms with Crippen LogP contribution in [-0.2, 0) is 17.7 Å². The van der Waals surface area contributed by atoms with Crippen molar-refractivity contribution in [2.24, 2.45) is 0 Å². The third kappa shape index (κ3) is 2.97. The predicted molar refractivity (Wildman–Crippen MR) is 101 cm³/mol. The smallest absolute Gasteiger partial charge is 0.414 e. The molecule has 2 aliphatic rings. The number of amides is 2. The van der Waals surface area contributed by atoms with Crippen LogP contribution in [0, 0.1) is 6.92 Å². The van der Waals surface area contributed by atoms with E-state index in [1.54, 1.807) is 11.1 Å². The Labute approximate surface area is 158 Å². The van der Waals surface area contributed by atoms with E-state index in [0.717, 1.165) is 28.9 Å². The fraction of sp³-hybridized carbons (Fsp3) is 0.450. The van der Waals surface area contributed by atoms with Crippen molar-refractivity contribution in [1.82, 2.24) is 14.7 Å². The van der Waals surface area contributed by atoms with E-state index in [4.69, 9.17) is 4.74 Å². The number of carbonyl (C=O) groups excluding carboxylic acids is 2. The molecule has 2 amide bonds. The number of hydrogen-bond acceptors (Lipinski definition) is 4. The molecule has 1 aromatic heterocycles. The minimum absolute atomic E-state index is 0.0102. The zero-order chi connectivity index (χ0) is 19.1. The van der Waals surface area contributed by atoms with Gasteiger partial charge in [0.1, 0.15) is 6.61 Å². The molecule has 0 unspecified atom stereocenters. The van der Waals surface area contributed by atoms with Crippen molar-refractivity contribution < 1.29 is 14.3 Å². The number of cyclic esters (lactones) is 1. The fourth-order valence-electron chi connectivity index (χ4n) is 3.95. The third-order valence-corrected chi connectivity index (χ3v) is 5.34. The maximum Gasteiger partial charge on any atom is 0.414 e. The first-order valence-electron chi connectivity index (χ1n) is 9.36. The lowest BCUT2D eigenvalue weighted by atomic mass is 9.96. The van der Waals surface area contributed by atoms with E-state index in [1.165, 1.54) is 0 Å². The molecule has 0 N–H and O–H groups in total. The normalized spacial score (nSPS) is 16.7. The number of nitrogens with zero attached hydrogens (tertiary/aromatic N) is 4. The van der Waals surface area contributed by atoms with Crippen LogP contribution >= 0.6 is 0 Å². The summed E-state index contributed by atoms with van der Waals surface area (Å²) in [6.45, 7) is 8.20. The van der Waals surface area contributed by atoms with Gasteiger partial charge in [-0.2, -0.15) is 5.10 Å². The standard InChI is InChI=1S/C20H24N4O3/c1-13(2)24-14(3)17(11-21-24)19(25)22-8-7-16-15(12-22)5-4-6-18(16)23-9-10-27-20(23)26/h4-6,11,13H,7-10,12H2,1-3H3. The highest BCUT2D eigenvalue weighted by molar-refractivity contribution is 5.95. The molecule has 7 heteroatoms. The van der Waals surface area contributed by atoms with Crippen LogP contribution in [0.1, 0.15) is 47.1 Å². The number of ether oxygens (including phenoxy) is 1. The number of carbonyl (C=O) groups is 2. The fourth-order valence-corrected chi connectivity index (χ4v) is 3.95. The van der Waals surface area contributed by atoms with Crippen molar-refractivity contribution >= 4 is 17.7 Å². The maximum atomic E-state index is 13.0. The summed E-state index contributed by atoms with van der Waals surface area (Å²) in [7, 11) is 0. The summed E-state index contributed by atoms with van der Waals surface area (Å²) < 4.78 is 6.95. The summed E-state index contributed by atoms with van der Waals surface area (Å²) in [6.07, 6.45) is 2.10. The monoisotopic (exact) mass is 368 g/mol. The quantitative estimate of drug-likeness (QED) is 0.835. The Kier molecular flexibility index (Phi) is 4.37. The Bertz CT molecular complexity index is 903. The van der Waals surface area contributed by atoms with Crippen LogP contribution in [0.25, 0.3) is 0 Å². The van der Waals surface area contributed by atoms with E-state index < -0.39 is 0 Å². The van der Waals surface area contributed by atoms with Gasteiger partial charge in [-0.3, -0.25) is 14.4 Å². The summed E-state index contributed by atoms with van der Waals surface area (Å²) in [5.74, 6) is 0.0102. The largest absolute Gasteiger partial charge is 0.447 e. The molecule has 2 aliphatic heterocycles. The highest BCUT2D eigenvalue weighted by Crippen LogP contribution is 2.31. The average molecular weight is 368 g/mol. The Morgan fingerprint density at radius 1 is 1.26 bits per heavy atom. The van der Waals surface area contributed by atoms with Gasteiger partial charge in [0.25, 0.3) is 5.91 Å². The molecule has 0 aliphatic carbocycles. The van der Waals surface area contributed by atoms with Crippen LogP contribution in [0.5, 0.6) is 0 Å². The topological polar surface area (TPSA) is 67.7 Å². The van der Waals surface area contributed by atoms with Crippen LogP contribution in [0.3, 0.4) is 0 Å². The number of hydrogen-bond donors (Lipinski definition) is 0. The Balaban J connectivity index is 1.59. The molecule has 2 aromatic rings. The number of rotatable bonds is 3. The van der Waals surface area contributed by atoms with Gasteiger partial charge in [0, 0.05) is 24.8 Å². The van der Waals surface area contributed by atoms with E-state index in [9.17, 15) is 9.59 Å². The first-order chi connectivity index (χ1) is 13.0. The molecule has 0 spiro atoms. The van der Waals surface area contributed by atoms with E-state index in [0.29, 0.717) is 31.8 Å². The zero-order valence-corrected chi connectivity index (χ0v) is 15.9. The molecule has 142 valence electrons. The molecular formula is C20H24N4O3. The van der Waals surface area contributed by atoms with E-state index in [-0.39, 0.29) is 18.0 Å². The molecule has 1 aromatic carbocycles. The molecule has 0 bridgehead atoms. The van der Waals surface area contributed by atoms with Gasteiger partial charge in [-0.1, -0.05) is 12.1 Å². The lowest BCUT2D eigenvalue weighted by Crippen LogP contribution is -2.37. The number of benzene rings is 1. The molecule has 7 nitrogen and oxygen atoms in total. The molecule has 0 saturated carbocycles. The summed E-state index contributed by atoms with van der Waals surface area (Å²) in [5.41, 5.74) is 4.68. The van der Waals surface area contributed by atoms with E-state index in [1.807, 2.05) is 34.7 Å². The van der Waals surface area contributed by atoms with Gasteiger partial charge in [-0.25, -0.2) is 4.79 Å². The first-order valence-corrected chi connectivity index (χ1v) is 9.36. The maximum absolute atomic E-state index is 13.0. The number of aromatic nitrogens is 2. The van der Waals surface area contributed by atoms with Crippen LogP contribution in [0.2, 0.25) is 0 Å². The minimum atomic E-state index is -0.293. The lowest BCUT2D eigenvalue weighted by Gasteiger charge is -2.31. The molecular weight excluding hydrogens is 344 g/mol. The van der Waals surface area contributed by atoms with Crippen molar-refractivity contribution in [2.75, 3.05) is 24.6 Å². The Morgan fingerprint density at radius 2 is 2.07 bits per heavy atom. The molecule has 3 heterocycles. The SMILES string of the molecule is Cc1c(C(=O)N2CCc3c(cccc3N3CCOC3=O)C2)cnn1C(C)C. The predicted octanol–water partition coefficient (Wildman–Crippen LogP) is 2.93. The van der Waals surface area contributed by atoms with Crippen LogP contribution in [0.15, 0.2) is 24.4 Å². The third-order valence-electron chi connectivity index (χ3n) is 5.34. The van der Waals surface area contributed by atoms with Crippen molar-refractivity contribution in [3.63, 3.8) is 0 Å². The van der Waals surface area contributed by atoms with Gasteiger partial charge < -0.3 is 9.64 Å². The highest BCUT2D eigenvalue weighted by Gasteiger charge is 2.30. The Hall–Kier alpha value is -2.83.